The van der Waals surface area contributed by atoms with Gasteiger partial charge in [0.1, 0.15) is 5.82 Å². The Morgan fingerprint density at radius 1 is 1.24 bits per heavy atom. The Morgan fingerprint density at radius 2 is 1.97 bits per heavy atom. The van der Waals surface area contributed by atoms with Gasteiger partial charge in [0.2, 0.25) is 0 Å². The van der Waals surface area contributed by atoms with Crippen molar-refractivity contribution in [2.45, 2.75) is 33.1 Å². The first-order chi connectivity index (χ1) is 14.0. The average Bonchev–Trinajstić information content (AvgIpc) is 3.25. The van der Waals surface area contributed by atoms with Crippen LogP contribution in [-0.4, -0.2) is 22.3 Å². The predicted molar refractivity (Wildman–Crippen MR) is 111 cm³/mol. The van der Waals surface area contributed by atoms with Gasteiger partial charge in [-0.25, -0.2) is 4.98 Å². The van der Waals surface area contributed by atoms with Gasteiger partial charge in [0.15, 0.2) is 0 Å². The molecule has 6 nitrogen and oxygen atoms in total. The highest BCUT2D eigenvalue weighted by Crippen LogP contribution is 2.32. The number of fused-ring (bicyclic) bond motifs is 3. The van der Waals surface area contributed by atoms with E-state index in [1.54, 1.807) is 18.2 Å². The summed E-state index contributed by atoms with van der Waals surface area (Å²) in [6, 6.07) is 14.9. The molecule has 2 heterocycles. The van der Waals surface area contributed by atoms with Gasteiger partial charge in [-0.3, -0.25) is 4.79 Å². The molecule has 0 fully saturated rings. The number of nitrogens with two attached hydrogens (primary N) is 1. The number of pyridine rings is 1. The average molecular weight is 386 g/mol. The molecule has 1 atom stereocenters. The normalized spacial score (nSPS) is 13.7. The van der Waals surface area contributed by atoms with Crippen LogP contribution in [-0.2, 0) is 18.0 Å². The van der Waals surface area contributed by atoms with Crippen LogP contribution in [0.1, 0.15) is 52.5 Å². The number of aromatic nitrogens is 1. The topological polar surface area (TPSA) is 92.2 Å². The van der Waals surface area contributed by atoms with Crippen molar-refractivity contribution >= 4 is 22.6 Å². The third-order valence-corrected chi connectivity index (χ3v) is 5.57. The van der Waals surface area contributed by atoms with Gasteiger partial charge >= 0.3 is 0 Å². The molecule has 4 rings (SSSR count). The summed E-state index contributed by atoms with van der Waals surface area (Å²) in [5.74, 6) is 0.449. The number of amides is 1. The van der Waals surface area contributed by atoms with Gasteiger partial charge in [-0.05, 0) is 55.3 Å². The lowest BCUT2D eigenvalue weighted by Crippen LogP contribution is -2.33. The number of carbonyl (C=O) groups is 1. The fourth-order valence-electron chi connectivity index (χ4n) is 3.88. The van der Waals surface area contributed by atoms with Gasteiger partial charge < -0.3 is 15.4 Å². The van der Waals surface area contributed by atoms with Crippen molar-refractivity contribution in [3.8, 4) is 6.07 Å². The zero-order valence-corrected chi connectivity index (χ0v) is 16.5. The maximum Gasteiger partial charge on any atom is 0.254 e. The van der Waals surface area contributed by atoms with E-state index in [-0.39, 0.29) is 11.9 Å². The fraction of sp³-hybridized carbons (Fsp3) is 0.261. The number of hydrogen-bond acceptors (Lipinski definition) is 5. The molecule has 2 aromatic carbocycles. The Bertz CT molecular complexity index is 1130. The molecule has 3 aromatic rings. The maximum atomic E-state index is 13.3. The molecule has 0 saturated heterocycles. The minimum Gasteiger partial charge on any atom is -0.383 e. The summed E-state index contributed by atoms with van der Waals surface area (Å²) in [4.78, 5) is 19.6. The smallest absolute Gasteiger partial charge is 0.254 e. The first kappa shape index (κ1) is 18.9. The fourth-order valence-corrected chi connectivity index (χ4v) is 3.88. The number of anilines is 1. The number of carbonyl (C=O) groups excluding carboxylic acids is 1. The second-order valence-corrected chi connectivity index (χ2v) is 7.18. The Kier molecular flexibility index (Phi) is 4.91. The molecule has 0 bridgehead atoms. The van der Waals surface area contributed by atoms with Crippen LogP contribution in [0.3, 0.4) is 0 Å². The molecule has 0 saturated carbocycles. The zero-order valence-electron chi connectivity index (χ0n) is 16.5. The summed E-state index contributed by atoms with van der Waals surface area (Å²) in [5.41, 5.74) is 11.0. The molecule has 6 heteroatoms. The minimum atomic E-state index is -0.116. The first-order valence-corrected chi connectivity index (χ1v) is 9.63. The van der Waals surface area contributed by atoms with Crippen molar-refractivity contribution in [3.05, 3.63) is 70.3 Å². The third-order valence-electron chi connectivity index (χ3n) is 5.57. The number of benzene rings is 2. The van der Waals surface area contributed by atoms with Crippen LogP contribution in [0, 0.1) is 11.3 Å². The monoisotopic (exact) mass is 386 g/mol. The zero-order chi connectivity index (χ0) is 20.5. The molecule has 1 amide bonds. The first-order valence-electron chi connectivity index (χ1n) is 9.63. The molecule has 1 aliphatic heterocycles. The van der Waals surface area contributed by atoms with Crippen LogP contribution in [0.2, 0.25) is 0 Å². The molecule has 0 spiro atoms. The quantitative estimate of drug-likeness (QED) is 0.733. The van der Waals surface area contributed by atoms with E-state index in [0.29, 0.717) is 36.7 Å². The molecular weight excluding hydrogens is 364 g/mol. The Morgan fingerprint density at radius 3 is 2.66 bits per heavy atom. The molecular formula is C23H22N4O2. The molecule has 0 unspecified atom stereocenters. The van der Waals surface area contributed by atoms with Crippen molar-refractivity contribution in [2.75, 3.05) is 12.3 Å². The molecule has 0 aliphatic carbocycles. The molecule has 146 valence electrons. The van der Waals surface area contributed by atoms with E-state index in [4.69, 9.17) is 15.7 Å². The van der Waals surface area contributed by atoms with Crippen LogP contribution < -0.4 is 5.73 Å². The van der Waals surface area contributed by atoms with E-state index in [0.717, 1.165) is 27.6 Å². The number of nitriles is 1. The van der Waals surface area contributed by atoms with Crippen LogP contribution in [0.4, 0.5) is 5.82 Å². The van der Waals surface area contributed by atoms with E-state index < -0.39 is 0 Å². The molecule has 1 aromatic heterocycles. The van der Waals surface area contributed by atoms with Crippen molar-refractivity contribution < 1.29 is 9.53 Å². The Hall–Kier alpha value is -3.43. The third kappa shape index (κ3) is 3.30. The lowest BCUT2D eigenvalue weighted by atomic mass is 10.0. The summed E-state index contributed by atoms with van der Waals surface area (Å²) >= 11 is 0. The van der Waals surface area contributed by atoms with Crippen LogP contribution in [0.25, 0.3) is 10.9 Å². The standard InChI is InChI=1S/C23H22N4O2/c1-3-27(14(2)16-6-4-15(11-24)5-7-16)23(28)17-8-9-21-18(10-17)19-12-29-13-20(19)22(25)26-21/h4-10,14H,3,12-13H2,1-2H3,(H2,25,26)/t14-/m0/s1. The number of rotatable bonds is 4. The van der Waals surface area contributed by atoms with Crippen LogP contribution in [0.15, 0.2) is 42.5 Å². The van der Waals surface area contributed by atoms with Gasteiger partial charge in [0.05, 0.1) is 36.4 Å². The van der Waals surface area contributed by atoms with Crippen LogP contribution in [0.5, 0.6) is 0 Å². The van der Waals surface area contributed by atoms with Gasteiger partial charge in [-0.15, -0.1) is 0 Å². The molecule has 1 aliphatic rings. The second-order valence-electron chi connectivity index (χ2n) is 7.18. The summed E-state index contributed by atoms with van der Waals surface area (Å²) in [6.07, 6.45) is 0. The van der Waals surface area contributed by atoms with Gasteiger partial charge in [0.25, 0.3) is 5.91 Å². The highest BCUT2D eigenvalue weighted by Gasteiger charge is 2.24. The van der Waals surface area contributed by atoms with Gasteiger partial charge in [0, 0.05) is 23.1 Å². The summed E-state index contributed by atoms with van der Waals surface area (Å²) in [5, 5.41) is 9.91. The van der Waals surface area contributed by atoms with Crippen molar-refractivity contribution in [2.24, 2.45) is 0 Å². The van der Waals surface area contributed by atoms with E-state index in [2.05, 4.69) is 11.1 Å². The maximum absolute atomic E-state index is 13.3. The van der Waals surface area contributed by atoms with Crippen molar-refractivity contribution in [1.29, 1.82) is 5.26 Å². The Labute approximate surface area is 169 Å². The van der Waals surface area contributed by atoms with E-state index in [1.807, 2.05) is 43.0 Å². The molecule has 29 heavy (non-hydrogen) atoms. The number of hydrogen-bond donors (Lipinski definition) is 1. The summed E-state index contributed by atoms with van der Waals surface area (Å²) < 4.78 is 5.55. The van der Waals surface area contributed by atoms with Gasteiger partial charge in [-0.1, -0.05) is 12.1 Å². The largest absolute Gasteiger partial charge is 0.383 e. The summed E-state index contributed by atoms with van der Waals surface area (Å²) in [7, 11) is 0. The number of nitrogens with zero attached hydrogens (tertiary/aromatic N) is 3. The predicted octanol–water partition coefficient (Wildman–Crippen LogP) is 3.94. The van der Waals surface area contributed by atoms with E-state index in [1.165, 1.54) is 0 Å². The SMILES string of the molecule is CCN(C(=O)c1ccc2nc(N)c3c(c2c1)COC3)[C@@H](C)c1ccc(C#N)cc1. The highest BCUT2D eigenvalue weighted by molar-refractivity contribution is 5.99. The number of nitrogen functional groups attached to an aromatic ring is 1. The van der Waals surface area contributed by atoms with Crippen LogP contribution >= 0.6 is 0 Å². The second kappa shape index (κ2) is 7.53. The molecule has 0 radical (unpaired) electrons. The lowest BCUT2D eigenvalue weighted by Gasteiger charge is -2.28. The highest BCUT2D eigenvalue weighted by atomic mass is 16.5. The number of ether oxygens (including phenoxy) is 1. The minimum absolute atomic E-state index is 0.0456. The van der Waals surface area contributed by atoms with E-state index >= 15 is 0 Å². The molecule has 2 N–H and O–H groups in total. The van der Waals surface area contributed by atoms with Crippen molar-refractivity contribution in [3.63, 3.8) is 0 Å². The van der Waals surface area contributed by atoms with Crippen molar-refractivity contribution in [1.82, 2.24) is 9.88 Å². The summed E-state index contributed by atoms with van der Waals surface area (Å²) in [6.45, 7) is 5.47. The van der Waals surface area contributed by atoms with E-state index in [9.17, 15) is 4.79 Å². The Balaban J connectivity index is 1.69. The van der Waals surface area contributed by atoms with Gasteiger partial charge in [-0.2, -0.15) is 5.26 Å². The lowest BCUT2D eigenvalue weighted by molar-refractivity contribution is 0.0702.